The molecule has 10 unspecified atom stereocenters. The van der Waals surface area contributed by atoms with Crippen LogP contribution in [0.5, 0.6) is 0 Å². The fraction of sp³-hybridized carbons (Fsp3) is 0.879. The van der Waals surface area contributed by atoms with Gasteiger partial charge in [-0.2, -0.15) is 0 Å². The summed E-state index contributed by atoms with van der Waals surface area (Å²) >= 11 is 0. The lowest BCUT2D eigenvalue weighted by atomic mass is 9.42. The molecule has 4 saturated carbocycles. The molecule has 0 aromatic heterocycles. The standard InChI is InChI=1S/C33H52N2O4/c1-19(2)9-8-10-20(3)25-13-14-26-22-12-11-21-17-23-24(18-33(21,5)27(22)15-16-32(25,26)4)29(31(37)39-7)35-34-28(23)30(36)38-6/h19-27H,8-18H2,1-7H3. The van der Waals surface area contributed by atoms with E-state index in [2.05, 4.69) is 44.8 Å². The highest BCUT2D eigenvalue weighted by atomic mass is 16.5. The number of carbonyl (C=O) groups is 2. The van der Waals surface area contributed by atoms with Crippen molar-refractivity contribution in [1.82, 2.24) is 0 Å². The van der Waals surface area contributed by atoms with Crippen LogP contribution in [-0.2, 0) is 19.1 Å². The first kappa shape index (κ1) is 28.8. The van der Waals surface area contributed by atoms with Gasteiger partial charge in [-0.3, -0.25) is 0 Å². The predicted molar refractivity (Wildman–Crippen MR) is 154 cm³/mol. The van der Waals surface area contributed by atoms with Gasteiger partial charge in [0.15, 0.2) is 11.4 Å². The van der Waals surface area contributed by atoms with Gasteiger partial charge in [0, 0.05) is 11.8 Å². The van der Waals surface area contributed by atoms with E-state index in [-0.39, 0.29) is 17.3 Å². The zero-order valence-electron chi connectivity index (χ0n) is 25.5. The number of nitrogens with zero attached hydrogens (tertiary/aromatic N) is 2. The number of hydrogen-bond donors (Lipinski definition) is 0. The van der Waals surface area contributed by atoms with Crippen LogP contribution in [0.4, 0.5) is 0 Å². The Morgan fingerprint density at radius 1 is 0.846 bits per heavy atom. The number of esters is 2. The SMILES string of the molecule is COC(=O)C1=NN=C(C(=O)OC)C2CC3(C)C(CCC4C3CCC3(C)C(C(C)CCCC(C)C)CCC43)CC12. The van der Waals surface area contributed by atoms with E-state index in [0.29, 0.717) is 28.7 Å². The van der Waals surface area contributed by atoms with Gasteiger partial charge in [-0.15, -0.1) is 10.2 Å². The summed E-state index contributed by atoms with van der Waals surface area (Å²) in [7, 11) is 2.81. The minimum atomic E-state index is -0.414. The molecule has 0 amide bonds. The van der Waals surface area contributed by atoms with Crippen molar-refractivity contribution in [3.63, 3.8) is 0 Å². The molecule has 0 spiro atoms. The van der Waals surface area contributed by atoms with Crippen LogP contribution in [0, 0.1) is 64.1 Å². The third-order valence-electron chi connectivity index (χ3n) is 12.7. The summed E-state index contributed by atoms with van der Waals surface area (Å²) in [5, 5.41) is 8.48. The fourth-order valence-corrected chi connectivity index (χ4v) is 10.8. The third-order valence-corrected chi connectivity index (χ3v) is 12.7. The molecule has 4 aliphatic carbocycles. The Kier molecular flexibility index (Phi) is 8.07. The highest BCUT2D eigenvalue weighted by Gasteiger charge is 2.62. The molecule has 0 bridgehead atoms. The quantitative estimate of drug-likeness (QED) is 0.323. The van der Waals surface area contributed by atoms with E-state index in [1.165, 1.54) is 72.0 Å². The first-order valence-electron chi connectivity index (χ1n) is 15.9. The summed E-state index contributed by atoms with van der Waals surface area (Å²) in [4.78, 5) is 25.4. The van der Waals surface area contributed by atoms with Crippen LogP contribution in [0.25, 0.3) is 0 Å². The summed E-state index contributed by atoms with van der Waals surface area (Å²) < 4.78 is 10.2. The lowest BCUT2D eigenvalue weighted by Crippen LogP contribution is -2.57. The molecule has 5 rings (SSSR count). The molecule has 6 nitrogen and oxygen atoms in total. The van der Waals surface area contributed by atoms with E-state index < -0.39 is 11.9 Å². The summed E-state index contributed by atoms with van der Waals surface area (Å²) in [6.45, 7) is 12.4. The molecule has 1 heterocycles. The lowest BCUT2D eigenvalue weighted by molar-refractivity contribution is -0.137. The van der Waals surface area contributed by atoms with Crippen LogP contribution in [0.15, 0.2) is 10.2 Å². The van der Waals surface area contributed by atoms with Crippen molar-refractivity contribution in [1.29, 1.82) is 0 Å². The summed E-state index contributed by atoms with van der Waals surface area (Å²) in [5.74, 6) is 4.19. The highest BCUT2D eigenvalue weighted by molar-refractivity contribution is 6.43. The Balaban J connectivity index is 1.37. The number of rotatable bonds is 7. The van der Waals surface area contributed by atoms with Crippen molar-refractivity contribution in [3.8, 4) is 0 Å². The van der Waals surface area contributed by atoms with Crippen molar-refractivity contribution in [2.75, 3.05) is 14.2 Å². The van der Waals surface area contributed by atoms with Gasteiger partial charge >= 0.3 is 11.9 Å². The molecule has 0 aromatic rings. The van der Waals surface area contributed by atoms with Crippen molar-refractivity contribution >= 4 is 23.4 Å². The van der Waals surface area contributed by atoms with Gasteiger partial charge in [0.25, 0.3) is 0 Å². The van der Waals surface area contributed by atoms with Crippen LogP contribution in [0.3, 0.4) is 0 Å². The molecule has 39 heavy (non-hydrogen) atoms. The Labute approximate surface area is 236 Å². The molecule has 5 aliphatic rings. The van der Waals surface area contributed by atoms with Crippen LogP contribution >= 0.6 is 0 Å². The van der Waals surface area contributed by atoms with Crippen molar-refractivity contribution in [2.24, 2.45) is 74.3 Å². The van der Waals surface area contributed by atoms with Gasteiger partial charge < -0.3 is 9.47 Å². The van der Waals surface area contributed by atoms with E-state index in [1.807, 2.05) is 0 Å². The molecule has 6 heteroatoms. The average Bonchev–Trinajstić information content (AvgIpc) is 3.27. The first-order chi connectivity index (χ1) is 18.5. The van der Waals surface area contributed by atoms with Crippen LogP contribution in [-0.4, -0.2) is 37.6 Å². The summed E-state index contributed by atoms with van der Waals surface area (Å²) in [5.41, 5.74) is 1.39. The monoisotopic (exact) mass is 540 g/mol. The summed E-state index contributed by atoms with van der Waals surface area (Å²) in [6, 6.07) is 0. The second-order valence-corrected chi connectivity index (χ2v) is 14.8. The van der Waals surface area contributed by atoms with E-state index in [4.69, 9.17) is 9.47 Å². The maximum absolute atomic E-state index is 12.8. The van der Waals surface area contributed by atoms with Gasteiger partial charge in [-0.25, -0.2) is 9.59 Å². The molecule has 1 aliphatic heterocycles. The first-order valence-corrected chi connectivity index (χ1v) is 15.9. The highest BCUT2D eigenvalue weighted by Crippen LogP contribution is 2.69. The number of carbonyl (C=O) groups excluding carboxylic acids is 2. The molecular weight excluding hydrogens is 488 g/mol. The number of ether oxygens (including phenoxy) is 2. The van der Waals surface area contributed by atoms with E-state index in [1.54, 1.807) is 0 Å². The van der Waals surface area contributed by atoms with Crippen LogP contribution in [0.1, 0.15) is 105 Å². The Bertz CT molecular complexity index is 1020. The van der Waals surface area contributed by atoms with Crippen LogP contribution < -0.4 is 0 Å². The van der Waals surface area contributed by atoms with Gasteiger partial charge in [-0.1, -0.05) is 53.9 Å². The maximum Gasteiger partial charge on any atom is 0.354 e. The molecule has 0 aromatic carbocycles. The average molecular weight is 541 g/mol. The fourth-order valence-electron chi connectivity index (χ4n) is 10.8. The maximum atomic E-state index is 12.8. The lowest BCUT2D eigenvalue weighted by Gasteiger charge is -2.62. The van der Waals surface area contributed by atoms with E-state index in [9.17, 15) is 9.59 Å². The van der Waals surface area contributed by atoms with Gasteiger partial charge in [-0.05, 0) is 104 Å². The molecule has 0 saturated heterocycles. The molecule has 218 valence electrons. The molecule has 0 N–H and O–H groups in total. The minimum Gasteiger partial charge on any atom is -0.464 e. The van der Waals surface area contributed by atoms with Crippen molar-refractivity contribution < 1.29 is 19.1 Å². The van der Waals surface area contributed by atoms with Crippen LogP contribution in [0.2, 0.25) is 0 Å². The third kappa shape index (κ3) is 4.80. The van der Waals surface area contributed by atoms with Gasteiger partial charge in [0.1, 0.15) is 0 Å². The van der Waals surface area contributed by atoms with Gasteiger partial charge in [0.05, 0.1) is 14.2 Å². The molecule has 4 fully saturated rings. The second kappa shape index (κ2) is 10.9. The Hall–Kier alpha value is -1.72. The van der Waals surface area contributed by atoms with Gasteiger partial charge in [0.2, 0.25) is 0 Å². The molecular formula is C33H52N2O4. The number of fused-ring (bicyclic) bond motifs is 6. The zero-order valence-corrected chi connectivity index (χ0v) is 25.5. The smallest absolute Gasteiger partial charge is 0.354 e. The van der Waals surface area contributed by atoms with E-state index in [0.717, 1.165) is 42.4 Å². The second-order valence-electron chi connectivity index (χ2n) is 14.8. The zero-order chi connectivity index (χ0) is 28.1. The number of hydrogen-bond acceptors (Lipinski definition) is 6. The minimum absolute atomic E-state index is 0.116. The Morgan fingerprint density at radius 2 is 1.49 bits per heavy atom. The Morgan fingerprint density at radius 3 is 2.13 bits per heavy atom. The van der Waals surface area contributed by atoms with Crippen molar-refractivity contribution in [3.05, 3.63) is 0 Å². The number of methoxy groups -OCH3 is 2. The largest absolute Gasteiger partial charge is 0.464 e. The molecule has 0 radical (unpaired) electrons. The predicted octanol–water partition coefficient (Wildman–Crippen LogP) is 7.11. The topological polar surface area (TPSA) is 77.3 Å². The normalized spacial score (nSPS) is 41.8. The summed E-state index contributed by atoms with van der Waals surface area (Å²) in [6.07, 6.45) is 13.8. The van der Waals surface area contributed by atoms with E-state index >= 15 is 0 Å². The van der Waals surface area contributed by atoms with Crippen molar-refractivity contribution in [2.45, 2.75) is 105 Å². The molecule has 10 atom stereocenters.